The monoisotopic (exact) mass is 305 g/mol. The molecule has 0 aliphatic carbocycles. The standard InChI is InChI=1S/C16H19NO5/c1-17(10-11-6-5-9-22-11)15(16(18)19)14-12(20-2)7-4-8-13(14)21-3/h4-9,15H,10H2,1-3H3,(H,18,19)/t15-/m0/s1. The molecule has 0 unspecified atom stereocenters. The van der Waals surface area contributed by atoms with E-state index in [4.69, 9.17) is 13.9 Å². The van der Waals surface area contributed by atoms with Gasteiger partial charge in [0.2, 0.25) is 0 Å². The molecule has 1 aromatic heterocycles. The first-order valence-corrected chi connectivity index (χ1v) is 6.74. The van der Waals surface area contributed by atoms with Crippen LogP contribution in [-0.4, -0.2) is 37.2 Å². The third-order valence-electron chi connectivity index (χ3n) is 3.40. The van der Waals surface area contributed by atoms with Crippen molar-refractivity contribution >= 4 is 5.97 Å². The van der Waals surface area contributed by atoms with Crippen molar-refractivity contribution in [3.63, 3.8) is 0 Å². The first kappa shape index (κ1) is 15.9. The summed E-state index contributed by atoms with van der Waals surface area (Å²) in [4.78, 5) is 13.5. The van der Waals surface area contributed by atoms with Crippen LogP contribution in [0.5, 0.6) is 11.5 Å². The van der Waals surface area contributed by atoms with Gasteiger partial charge in [-0.2, -0.15) is 0 Å². The molecular formula is C16H19NO5. The fourth-order valence-corrected chi connectivity index (χ4v) is 2.42. The van der Waals surface area contributed by atoms with E-state index in [1.54, 1.807) is 48.5 Å². The first-order chi connectivity index (χ1) is 10.6. The van der Waals surface area contributed by atoms with Crippen molar-refractivity contribution in [3.8, 4) is 11.5 Å². The molecular weight excluding hydrogens is 286 g/mol. The third kappa shape index (κ3) is 3.23. The predicted octanol–water partition coefficient (Wildman–Crippen LogP) is 2.55. The van der Waals surface area contributed by atoms with E-state index in [-0.39, 0.29) is 0 Å². The Morgan fingerprint density at radius 3 is 2.32 bits per heavy atom. The lowest BCUT2D eigenvalue weighted by molar-refractivity contribution is -0.143. The Bertz CT molecular complexity index is 601. The Labute approximate surface area is 128 Å². The van der Waals surface area contributed by atoms with Crippen LogP contribution < -0.4 is 9.47 Å². The number of hydrogen-bond donors (Lipinski definition) is 1. The van der Waals surface area contributed by atoms with Gasteiger partial charge < -0.3 is 19.0 Å². The average Bonchev–Trinajstić information content (AvgIpc) is 3.00. The predicted molar refractivity (Wildman–Crippen MR) is 80.1 cm³/mol. The number of hydrogen-bond acceptors (Lipinski definition) is 5. The maximum absolute atomic E-state index is 11.8. The highest BCUT2D eigenvalue weighted by Crippen LogP contribution is 2.37. The van der Waals surface area contributed by atoms with Gasteiger partial charge in [-0.25, -0.2) is 0 Å². The van der Waals surface area contributed by atoms with E-state index < -0.39 is 12.0 Å². The Kier molecular flexibility index (Phi) is 5.06. The summed E-state index contributed by atoms with van der Waals surface area (Å²) in [6.07, 6.45) is 1.56. The molecule has 0 bridgehead atoms. The van der Waals surface area contributed by atoms with Crippen molar-refractivity contribution in [2.24, 2.45) is 0 Å². The lowest BCUT2D eigenvalue weighted by Gasteiger charge is -2.26. The summed E-state index contributed by atoms with van der Waals surface area (Å²) < 4.78 is 15.9. The molecule has 1 heterocycles. The smallest absolute Gasteiger partial charge is 0.325 e. The molecule has 0 fully saturated rings. The van der Waals surface area contributed by atoms with Crippen molar-refractivity contribution in [1.82, 2.24) is 4.90 Å². The van der Waals surface area contributed by atoms with Crippen LogP contribution in [0.2, 0.25) is 0 Å². The highest BCUT2D eigenvalue weighted by atomic mass is 16.5. The van der Waals surface area contributed by atoms with Crippen LogP contribution in [0, 0.1) is 0 Å². The molecule has 2 aromatic rings. The summed E-state index contributed by atoms with van der Waals surface area (Å²) in [6.45, 7) is 0.352. The van der Waals surface area contributed by atoms with Crippen LogP contribution >= 0.6 is 0 Å². The van der Waals surface area contributed by atoms with Crippen LogP contribution in [0.15, 0.2) is 41.0 Å². The number of furan rings is 1. The number of aliphatic carboxylic acids is 1. The summed E-state index contributed by atoms with van der Waals surface area (Å²) in [7, 11) is 4.72. The molecule has 0 spiro atoms. The van der Waals surface area contributed by atoms with Crippen LogP contribution in [0.1, 0.15) is 17.4 Å². The van der Waals surface area contributed by atoms with Crippen molar-refractivity contribution in [3.05, 3.63) is 47.9 Å². The minimum Gasteiger partial charge on any atom is -0.496 e. The fourth-order valence-electron chi connectivity index (χ4n) is 2.42. The Morgan fingerprint density at radius 2 is 1.86 bits per heavy atom. The van der Waals surface area contributed by atoms with E-state index in [0.717, 1.165) is 0 Å². The normalized spacial score (nSPS) is 12.2. The van der Waals surface area contributed by atoms with Crippen LogP contribution in [-0.2, 0) is 11.3 Å². The minimum absolute atomic E-state index is 0.352. The quantitative estimate of drug-likeness (QED) is 0.847. The maximum Gasteiger partial charge on any atom is 0.325 e. The van der Waals surface area contributed by atoms with E-state index >= 15 is 0 Å². The fraction of sp³-hybridized carbons (Fsp3) is 0.312. The third-order valence-corrected chi connectivity index (χ3v) is 3.40. The second-order valence-corrected chi connectivity index (χ2v) is 4.81. The molecule has 22 heavy (non-hydrogen) atoms. The highest BCUT2D eigenvalue weighted by molar-refractivity contribution is 5.78. The van der Waals surface area contributed by atoms with Gasteiger partial charge in [0.25, 0.3) is 0 Å². The molecule has 2 rings (SSSR count). The molecule has 0 aliphatic heterocycles. The van der Waals surface area contributed by atoms with Crippen molar-refractivity contribution in [2.45, 2.75) is 12.6 Å². The van der Waals surface area contributed by atoms with E-state index in [2.05, 4.69) is 0 Å². The van der Waals surface area contributed by atoms with E-state index in [9.17, 15) is 9.90 Å². The van der Waals surface area contributed by atoms with Gasteiger partial charge in [0.1, 0.15) is 23.3 Å². The van der Waals surface area contributed by atoms with Gasteiger partial charge in [-0.05, 0) is 31.3 Å². The largest absolute Gasteiger partial charge is 0.496 e. The molecule has 0 saturated carbocycles. The van der Waals surface area contributed by atoms with Crippen molar-refractivity contribution in [2.75, 3.05) is 21.3 Å². The highest BCUT2D eigenvalue weighted by Gasteiger charge is 2.31. The second-order valence-electron chi connectivity index (χ2n) is 4.81. The van der Waals surface area contributed by atoms with Crippen molar-refractivity contribution in [1.29, 1.82) is 0 Å². The van der Waals surface area contributed by atoms with Gasteiger partial charge in [0.15, 0.2) is 0 Å². The molecule has 1 atom stereocenters. The number of carbonyl (C=O) groups is 1. The summed E-state index contributed by atoms with van der Waals surface area (Å²) in [5.74, 6) is 0.635. The Balaban J connectivity index is 2.41. The number of carboxylic acid groups (broad SMARTS) is 1. The van der Waals surface area contributed by atoms with Crippen molar-refractivity contribution < 1.29 is 23.8 Å². The maximum atomic E-state index is 11.8. The van der Waals surface area contributed by atoms with Gasteiger partial charge >= 0.3 is 5.97 Å². The molecule has 6 heteroatoms. The molecule has 118 valence electrons. The summed E-state index contributed by atoms with van der Waals surface area (Å²) in [5, 5.41) is 9.68. The zero-order chi connectivity index (χ0) is 16.1. The number of likely N-dealkylation sites (N-methyl/N-ethyl adjacent to an activating group) is 1. The van der Waals surface area contributed by atoms with Gasteiger partial charge in [-0.3, -0.25) is 9.69 Å². The second kappa shape index (κ2) is 7.00. The van der Waals surface area contributed by atoms with E-state index in [0.29, 0.717) is 29.4 Å². The zero-order valence-electron chi connectivity index (χ0n) is 12.8. The zero-order valence-corrected chi connectivity index (χ0v) is 12.8. The first-order valence-electron chi connectivity index (χ1n) is 6.74. The summed E-state index contributed by atoms with van der Waals surface area (Å²) in [5.41, 5.74) is 0.481. The Hall–Kier alpha value is -2.47. The number of benzene rings is 1. The number of nitrogens with zero attached hydrogens (tertiary/aromatic N) is 1. The molecule has 0 amide bonds. The van der Waals surface area contributed by atoms with Gasteiger partial charge in [0, 0.05) is 0 Å². The lowest BCUT2D eigenvalue weighted by atomic mass is 10.0. The molecule has 0 aliphatic rings. The molecule has 0 radical (unpaired) electrons. The molecule has 1 aromatic carbocycles. The summed E-state index contributed by atoms with van der Waals surface area (Å²) in [6, 6.07) is 7.84. The number of carboxylic acids is 1. The van der Waals surface area contributed by atoms with Crippen LogP contribution in [0.4, 0.5) is 0 Å². The molecule has 0 saturated heterocycles. The van der Waals surface area contributed by atoms with Crippen LogP contribution in [0.3, 0.4) is 0 Å². The molecule has 1 N–H and O–H groups in total. The average molecular weight is 305 g/mol. The van der Waals surface area contributed by atoms with Gasteiger partial charge in [-0.1, -0.05) is 6.07 Å². The minimum atomic E-state index is -0.989. The van der Waals surface area contributed by atoms with Gasteiger partial charge in [0.05, 0.1) is 32.6 Å². The number of ether oxygens (including phenoxy) is 2. The number of rotatable bonds is 7. The number of methoxy groups -OCH3 is 2. The van der Waals surface area contributed by atoms with E-state index in [1.165, 1.54) is 14.2 Å². The van der Waals surface area contributed by atoms with Crippen LogP contribution in [0.25, 0.3) is 0 Å². The molecule has 6 nitrogen and oxygen atoms in total. The summed E-state index contributed by atoms with van der Waals surface area (Å²) >= 11 is 0. The van der Waals surface area contributed by atoms with E-state index in [1.807, 2.05) is 0 Å². The SMILES string of the molecule is COc1cccc(OC)c1[C@@H](C(=O)O)N(C)Cc1ccco1. The Morgan fingerprint density at radius 1 is 1.23 bits per heavy atom. The van der Waals surface area contributed by atoms with Gasteiger partial charge in [-0.15, -0.1) is 0 Å². The lowest BCUT2D eigenvalue weighted by Crippen LogP contribution is -2.31. The topological polar surface area (TPSA) is 72.1 Å².